The average molecular weight is 423 g/mol. The van der Waals surface area contributed by atoms with E-state index in [1.165, 1.54) is 37.3 Å². The maximum Gasteiger partial charge on any atom is 0.302 e. The van der Waals surface area contributed by atoms with Gasteiger partial charge in [-0.3, -0.25) is 9.69 Å². The molecule has 2 aromatic rings. The molecule has 2 aliphatic carbocycles. The summed E-state index contributed by atoms with van der Waals surface area (Å²) in [7, 11) is 0. The van der Waals surface area contributed by atoms with Crippen LogP contribution < -0.4 is 10.1 Å². The van der Waals surface area contributed by atoms with E-state index in [2.05, 4.69) is 44.5 Å². The lowest BCUT2D eigenvalue weighted by Gasteiger charge is -2.36. The van der Waals surface area contributed by atoms with Crippen LogP contribution in [0.2, 0.25) is 0 Å². The molecule has 2 fully saturated rings. The third kappa shape index (κ3) is 4.66. The van der Waals surface area contributed by atoms with E-state index in [-0.39, 0.29) is 24.2 Å². The summed E-state index contributed by atoms with van der Waals surface area (Å²) in [5.41, 5.74) is 2.78. The highest BCUT2D eigenvalue weighted by Gasteiger charge is 2.42. The van der Waals surface area contributed by atoms with E-state index in [0.717, 1.165) is 31.7 Å². The Balaban J connectivity index is 1.27. The Labute approximate surface area is 183 Å². The molecule has 7 heteroatoms. The van der Waals surface area contributed by atoms with Crippen molar-refractivity contribution in [2.45, 2.75) is 76.3 Å². The molecule has 2 heterocycles. The molecular formula is C24H30N4O3. The van der Waals surface area contributed by atoms with E-state index in [9.17, 15) is 4.79 Å². The minimum absolute atomic E-state index is 0.0435. The quantitative estimate of drug-likeness (QED) is 0.716. The first-order valence-electron chi connectivity index (χ1n) is 11.4. The van der Waals surface area contributed by atoms with E-state index in [4.69, 9.17) is 9.47 Å². The van der Waals surface area contributed by atoms with Gasteiger partial charge in [0.2, 0.25) is 5.88 Å². The van der Waals surface area contributed by atoms with Gasteiger partial charge in [-0.2, -0.15) is 0 Å². The molecule has 3 aliphatic rings. The standard InChI is InChI=1S/C24H30N4O3/c1-16(29)30-22-12-20(31-24-13-23(25-15-26-24)27-19-7-4-8-19)11-21(22)28-10-9-17-5-2-3-6-18(17)14-28/h2-3,5-6,13,15,19-22H,4,7-12,14H2,1H3,(H,25,26,27). The van der Waals surface area contributed by atoms with Gasteiger partial charge in [0.05, 0.1) is 6.04 Å². The molecule has 3 unspecified atom stereocenters. The average Bonchev–Trinajstić information content (AvgIpc) is 3.12. The number of aromatic nitrogens is 2. The molecule has 0 amide bonds. The molecule has 0 spiro atoms. The van der Waals surface area contributed by atoms with Gasteiger partial charge in [-0.1, -0.05) is 24.3 Å². The number of carbonyl (C=O) groups is 1. The highest BCUT2D eigenvalue weighted by Crippen LogP contribution is 2.33. The van der Waals surface area contributed by atoms with Crippen LogP contribution in [0, 0.1) is 0 Å². The molecule has 164 valence electrons. The molecule has 3 atom stereocenters. The van der Waals surface area contributed by atoms with E-state index in [0.29, 0.717) is 18.3 Å². The number of carbonyl (C=O) groups excluding carboxylic acids is 1. The second kappa shape index (κ2) is 8.83. The Hall–Kier alpha value is -2.67. The van der Waals surface area contributed by atoms with Gasteiger partial charge in [-0.15, -0.1) is 0 Å². The van der Waals surface area contributed by atoms with Crippen LogP contribution in [-0.4, -0.2) is 51.7 Å². The van der Waals surface area contributed by atoms with Crippen molar-refractivity contribution in [3.63, 3.8) is 0 Å². The Morgan fingerprint density at radius 1 is 1.16 bits per heavy atom. The van der Waals surface area contributed by atoms with Crippen molar-refractivity contribution in [1.29, 1.82) is 0 Å². The van der Waals surface area contributed by atoms with Crippen LogP contribution in [-0.2, 0) is 22.5 Å². The molecule has 1 aromatic carbocycles. The van der Waals surface area contributed by atoms with Crippen LogP contribution in [0.5, 0.6) is 5.88 Å². The Morgan fingerprint density at radius 3 is 2.77 bits per heavy atom. The topological polar surface area (TPSA) is 76.6 Å². The molecule has 1 N–H and O–H groups in total. The summed E-state index contributed by atoms with van der Waals surface area (Å²) in [6, 6.07) is 11.1. The lowest BCUT2D eigenvalue weighted by Crippen LogP contribution is -2.44. The zero-order chi connectivity index (χ0) is 21.2. The largest absolute Gasteiger partial charge is 0.474 e. The molecule has 5 rings (SSSR count). The van der Waals surface area contributed by atoms with Crippen molar-refractivity contribution >= 4 is 11.8 Å². The molecule has 1 aromatic heterocycles. The van der Waals surface area contributed by atoms with Crippen molar-refractivity contribution in [2.75, 3.05) is 11.9 Å². The van der Waals surface area contributed by atoms with Gasteiger partial charge in [0.25, 0.3) is 0 Å². The fourth-order valence-electron chi connectivity index (χ4n) is 4.97. The maximum atomic E-state index is 11.8. The van der Waals surface area contributed by atoms with Gasteiger partial charge in [-0.05, 0) is 36.8 Å². The fraction of sp³-hybridized carbons (Fsp3) is 0.542. The Morgan fingerprint density at radius 2 is 2.00 bits per heavy atom. The number of hydrogen-bond donors (Lipinski definition) is 1. The number of ether oxygens (including phenoxy) is 2. The predicted octanol–water partition coefficient (Wildman–Crippen LogP) is 3.34. The third-order valence-electron chi connectivity index (χ3n) is 6.76. The predicted molar refractivity (Wildman–Crippen MR) is 117 cm³/mol. The minimum Gasteiger partial charge on any atom is -0.474 e. The van der Waals surface area contributed by atoms with Crippen molar-refractivity contribution in [3.05, 3.63) is 47.8 Å². The zero-order valence-electron chi connectivity index (χ0n) is 18.0. The summed E-state index contributed by atoms with van der Waals surface area (Å²) < 4.78 is 12.0. The molecule has 0 bridgehead atoms. The van der Waals surface area contributed by atoms with Crippen molar-refractivity contribution in [3.8, 4) is 5.88 Å². The number of rotatable bonds is 6. The van der Waals surface area contributed by atoms with Gasteiger partial charge in [0, 0.05) is 45.0 Å². The first kappa shape index (κ1) is 20.2. The fourth-order valence-corrected chi connectivity index (χ4v) is 4.97. The first-order valence-corrected chi connectivity index (χ1v) is 11.4. The summed E-state index contributed by atoms with van der Waals surface area (Å²) in [6.07, 6.45) is 7.50. The van der Waals surface area contributed by atoms with Crippen LogP contribution in [0.15, 0.2) is 36.7 Å². The molecule has 0 saturated heterocycles. The van der Waals surface area contributed by atoms with Gasteiger partial charge in [-0.25, -0.2) is 9.97 Å². The minimum atomic E-state index is -0.234. The number of fused-ring (bicyclic) bond motifs is 1. The van der Waals surface area contributed by atoms with Gasteiger partial charge in [0.1, 0.15) is 24.4 Å². The highest BCUT2D eigenvalue weighted by atomic mass is 16.5. The number of anilines is 1. The van der Waals surface area contributed by atoms with E-state index < -0.39 is 0 Å². The SMILES string of the molecule is CC(=O)OC1CC(Oc2cc(NC3CCC3)ncn2)CC1N1CCc2ccccc2C1. The van der Waals surface area contributed by atoms with E-state index >= 15 is 0 Å². The van der Waals surface area contributed by atoms with Gasteiger partial charge < -0.3 is 14.8 Å². The Kier molecular flexibility index (Phi) is 5.76. The number of benzene rings is 1. The van der Waals surface area contributed by atoms with Crippen molar-refractivity contribution in [2.24, 2.45) is 0 Å². The highest BCUT2D eigenvalue weighted by molar-refractivity contribution is 5.66. The molecule has 1 aliphatic heterocycles. The van der Waals surface area contributed by atoms with Crippen molar-refractivity contribution in [1.82, 2.24) is 14.9 Å². The second-order valence-electron chi connectivity index (χ2n) is 8.93. The van der Waals surface area contributed by atoms with Gasteiger partial charge in [0.15, 0.2) is 0 Å². The molecular weight excluding hydrogens is 392 g/mol. The van der Waals surface area contributed by atoms with Crippen molar-refractivity contribution < 1.29 is 14.3 Å². The van der Waals surface area contributed by atoms with Gasteiger partial charge >= 0.3 is 5.97 Å². The summed E-state index contributed by atoms with van der Waals surface area (Å²) in [6.45, 7) is 3.34. The summed E-state index contributed by atoms with van der Waals surface area (Å²) in [5.74, 6) is 1.16. The van der Waals surface area contributed by atoms with Crippen LogP contribution in [0.25, 0.3) is 0 Å². The van der Waals surface area contributed by atoms with E-state index in [1.54, 1.807) is 6.33 Å². The lowest BCUT2D eigenvalue weighted by molar-refractivity contribution is -0.149. The van der Waals surface area contributed by atoms with Crippen LogP contribution in [0.1, 0.15) is 50.2 Å². The normalized spacial score (nSPS) is 26.0. The molecule has 31 heavy (non-hydrogen) atoms. The van der Waals surface area contributed by atoms with Crippen LogP contribution in [0.4, 0.5) is 5.82 Å². The van der Waals surface area contributed by atoms with Crippen LogP contribution >= 0.6 is 0 Å². The van der Waals surface area contributed by atoms with E-state index in [1.807, 2.05) is 6.07 Å². The second-order valence-corrected chi connectivity index (χ2v) is 8.93. The lowest BCUT2D eigenvalue weighted by atomic mass is 9.93. The third-order valence-corrected chi connectivity index (χ3v) is 6.76. The smallest absolute Gasteiger partial charge is 0.302 e. The first-order chi connectivity index (χ1) is 15.1. The number of nitrogens with one attached hydrogen (secondary N) is 1. The summed E-state index contributed by atoms with van der Waals surface area (Å²) >= 11 is 0. The zero-order valence-corrected chi connectivity index (χ0v) is 18.0. The summed E-state index contributed by atoms with van der Waals surface area (Å²) in [4.78, 5) is 22.8. The molecule has 2 saturated carbocycles. The molecule has 7 nitrogen and oxygen atoms in total. The Bertz CT molecular complexity index is 933. The summed E-state index contributed by atoms with van der Waals surface area (Å²) in [5, 5.41) is 3.44. The number of esters is 1. The number of nitrogens with zero attached hydrogens (tertiary/aromatic N) is 3. The monoisotopic (exact) mass is 422 g/mol. The number of hydrogen-bond acceptors (Lipinski definition) is 7. The molecule has 0 radical (unpaired) electrons. The maximum absolute atomic E-state index is 11.8. The van der Waals surface area contributed by atoms with Crippen LogP contribution in [0.3, 0.4) is 0 Å².